The Bertz CT molecular complexity index is 302. The van der Waals surface area contributed by atoms with Gasteiger partial charge >= 0.3 is 0 Å². The summed E-state index contributed by atoms with van der Waals surface area (Å²) in [6.07, 6.45) is 5.42. The highest BCUT2D eigenvalue weighted by Crippen LogP contribution is 2.02. The fourth-order valence-electron chi connectivity index (χ4n) is 1.68. The van der Waals surface area contributed by atoms with Gasteiger partial charge in [-0.05, 0) is 18.2 Å². The summed E-state index contributed by atoms with van der Waals surface area (Å²) in [4.78, 5) is 2.31. The van der Waals surface area contributed by atoms with Gasteiger partial charge in [0.05, 0.1) is 13.2 Å². The predicted octanol–water partition coefficient (Wildman–Crippen LogP) is 2.08. The molecule has 0 spiro atoms. The molecule has 0 aliphatic carbocycles. The third-order valence-electron chi connectivity index (χ3n) is 2.56. The zero-order valence-corrected chi connectivity index (χ0v) is 8.93. The molecule has 15 heavy (non-hydrogen) atoms. The SMILES string of the molecule is C(=C\N1CCOCC1)/Cc1ccccc1. The highest BCUT2D eigenvalue weighted by Gasteiger charge is 2.04. The summed E-state index contributed by atoms with van der Waals surface area (Å²) in [5, 5.41) is 0. The molecule has 1 aromatic rings. The second kappa shape index (κ2) is 5.56. The molecule has 1 fully saturated rings. The molecule has 0 saturated carbocycles. The normalized spacial score (nSPS) is 17.2. The van der Waals surface area contributed by atoms with E-state index in [1.807, 2.05) is 0 Å². The van der Waals surface area contributed by atoms with Crippen LogP contribution in [-0.2, 0) is 11.2 Å². The Labute approximate surface area is 91.2 Å². The van der Waals surface area contributed by atoms with Crippen LogP contribution in [0, 0.1) is 0 Å². The van der Waals surface area contributed by atoms with Crippen molar-refractivity contribution in [3.05, 3.63) is 48.2 Å². The summed E-state index contributed by atoms with van der Waals surface area (Å²) in [6, 6.07) is 10.5. The Balaban J connectivity index is 1.79. The molecular formula is C13H17NO. The van der Waals surface area contributed by atoms with Gasteiger partial charge in [0.2, 0.25) is 0 Å². The van der Waals surface area contributed by atoms with Gasteiger partial charge in [-0.15, -0.1) is 0 Å². The van der Waals surface area contributed by atoms with E-state index in [0.717, 1.165) is 32.7 Å². The van der Waals surface area contributed by atoms with Crippen LogP contribution in [0.3, 0.4) is 0 Å². The average Bonchev–Trinajstić information content (AvgIpc) is 2.32. The lowest BCUT2D eigenvalue weighted by Gasteiger charge is -2.24. The summed E-state index contributed by atoms with van der Waals surface area (Å²) in [7, 11) is 0. The van der Waals surface area contributed by atoms with Crippen LogP contribution in [-0.4, -0.2) is 31.2 Å². The molecule has 2 rings (SSSR count). The quantitative estimate of drug-likeness (QED) is 0.745. The Morgan fingerprint density at radius 2 is 1.87 bits per heavy atom. The number of rotatable bonds is 3. The van der Waals surface area contributed by atoms with E-state index in [-0.39, 0.29) is 0 Å². The van der Waals surface area contributed by atoms with Crippen molar-refractivity contribution in [3.8, 4) is 0 Å². The highest BCUT2D eigenvalue weighted by atomic mass is 16.5. The summed E-state index contributed by atoms with van der Waals surface area (Å²) >= 11 is 0. The Morgan fingerprint density at radius 1 is 1.13 bits per heavy atom. The third-order valence-corrected chi connectivity index (χ3v) is 2.56. The predicted molar refractivity (Wildman–Crippen MR) is 61.7 cm³/mol. The topological polar surface area (TPSA) is 12.5 Å². The number of hydrogen-bond donors (Lipinski definition) is 0. The van der Waals surface area contributed by atoms with Gasteiger partial charge in [0, 0.05) is 13.1 Å². The maximum Gasteiger partial charge on any atom is 0.0642 e. The Hall–Kier alpha value is -1.28. The second-order valence-corrected chi connectivity index (χ2v) is 3.72. The molecule has 80 valence electrons. The van der Waals surface area contributed by atoms with Crippen molar-refractivity contribution in [1.29, 1.82) is 0 Å². The van der Waals surface area contributed by atoms with Crippen LogP contribution in [0.15, 0.2) is 42.6 Å². The maximum absolute atomic E-state index is 5.29. The van der Waals surface area contributed by atoms with E-state index in [9.17, 15) is 0 Å². The number of morpholine rings is 1. The van der Waals surface area contributed by atoms with E-state index in [1.54, 1.807) is 0 Å². The van der Waals surface area contributed by atoms with Gasteiger partial charge in [0.15, 0.2) is 0 Å². The van der Waals surface area contributed by atoms with Crippen molar-refractivity contribution in [2.24, 2.45) is 0 Å². The molecule has 0 amide bonds. The smallest absolute Gasteiger partial charge is 0.0642 e. The van der Waals surface area contributed by atoms with Gasteiger partial charge in [0.25, 0.3) is 0 Å². The van der Waals surface area contributed by atoms with Crippen LogP contribution < -0.4 is 0 Å². The minimum atomic E-state index is 0.857. The van der Waals surface area contributed by atoms with Crippen LogP contribution in [0.2, 0.25) is 0 Å². The third kappa shape index (κ3) is 3.40. The van der Waals surface area contributed by atoms with Crippen molar-refractivity contribution >= 4 is 0 Å². The molecule has 1 heterocycles. The highest BCUT2D eigenvalue weighted by molar-refractivity contribution is 5.17. The van der Waals surface area contributed by atoms with E-state index in [0.29, 0.717) is 0 Å². The molecule has 0 unspecified atom stereocenters. The number of nitrogens with zero attached hydrogens (tertiary/aromatic N) is 1. The van der Waals surface area contributed by atoms with Gasteiger partial charge < -0.3 is 9.64 Å². The minimum absolute atomic E-state index is 0.857. The molecule has 2 heteroatoms. The molecule has 0 radical (unpaired) electrons. The monoisotopic (exact) mass is 203 g/mol. The van der Waals surface area contributed by atoms with Gasteiger partial charge in [-0.25, -0.2) is 0 Å². The summed E-state index contributed by atoms with van der Waals surface area (Å²) in [6.45, 7) is 3.75. The van der Waals surface area contributed by atoms with E-state index >= 15 is 0 Å². The zero-order chi connectivity index (χ0) is 10.3. The van der Waals surface area contributed by atoms with E-state index in [2.05, 4.69) is 47.5 Å². The Morgan fingerprint density at radius 3 is 2.60 bits per heavy atom. The van der Waals surface area contributed by atoms with E-state index in [1.165, 1.54) is 5.56 Å². The molecule has 1 aliphatic heterocycles. The van der Waals surface area contributed by atoms with Crippen molar-refractivity contribution in [3.63, 3.8) is 0 Å². The standard InChI is InChI=1S/C13H17NO/c1-2-5-13(6-3-1)7-4-8-14-9-11-15-12-10-14/h1-6,8H,7,9-12H2/b8-4+. The first-order valence-electron chi connectivity index (χ1n) is 5.47. The molecular weight excluding hydrogens is 186 g/mol. The summed E-state index contributed by atoms with van der Waals surface area (Å²) < 4.78 is 5.29. The number of benzene rings is 1. The van der Waals surface area contributed by atoms with Crippen LogP contribution in [0.1, 0.15) is 5.56 Å². The van der Waals surface area contributed by atoms with Crippen molar-refractivity contribution in [2.45, 2.75) is 6.42 Å². The van der Waals surface area contributed by atoms with Crippen molar-refractivity contribution in [2.75, 3.05) is 26.3 Å². The van der Waals surface area contributed by atoms with Gasteiger partial charge in [-0.3, -0.25) is 0 Å². The van der Waals surface area contributed by atoms with Crippen molar-refractivity contribution < 1.29 is 4.74 Å². The van der Waals surface area contributed by atoms with Gasteiger partial charge in [0.1, 0.15) is 0 Å². The number of ether oxygens (including phenoxy) is 1. The molecule has 1 aliphatic rings. The minimum Gasteiger partial charge on any atom is -0.378 e. The largest absolute Gasteiger partial charge is 0.378 e. The molecule has 2 nitrogen and oxygen atoms in total. The molecule has 1 saturated heterocycles. The fourth-order valence-corrected chi connectivity index (χ4v) is 1.68. The Kier molecular flexibility index (Phi) is 3.80. The molecule has 0 atom stereocenters. The first-order valence-corrected chi connectivity index (χ1v) is 5.47. The van der Waals surface area contributed by atoms with Crippen LogP contribution in [0.5, 0.6) is 0 Å². The lowest BCUT2D eigenvalue weighted by atomic mass is 10.1. The first-order chi connectivity index (χ1) is 7.45. The fraction of sp³-hybridized carbons (Fsp3) is 0.385. The molecule has 1 aromatic carbocycles. The van der Waals surface area contributed by atoms with E-state index < -0.39 is 0 Å². The number of hydrogen-bond acceptors (Lipinski definition) is 2. The van der Waals surface area contributed by atoms with Gasteiger partial charge in [-0.2, -0.15) is 0 Å². The molecule has 0 N–H and O–H groups in total. The van der Waals surface area contributed by atoms with Crippen LogP contribution in [0.4, 0.5) is 0 Å². The first kappa shape index (κ1) is 10.2. The van der Waals surface area contributed by atoms with Gasteiger partial charge in [-0.1, -0.05) is 36.4 Å². The van der Waals surface area contributed by atoms with Crippen molar-refractivity contribution in [1.82, 2.24) is 4.90 Å². The average molecular weight is 203 g/mol. The maximum atomic E-state index is 5.29. The summed E-state index contributed by atoms with van der Waals surface area (Å²) in [5.41, 5.74) is 1.36. The summed E-state index contributed by atoms with van der Waals surface area (Å²) in [5.74, 6) is 0. The van der Waals surface area contributed by atoms with Crippen LogP contribution >= 0.6 is 0 Å². The lowest BCUT2D eigenvalue weighted by molar-refractivity contribution is 0.0593. The lowest BCUT2D eigenvalue weighted by Crippen LogP contribution is -2.32. The molecule has 0 bridgehead atoms. The second-order valence-electron chi connectivity index (χ2n) is 3.72. The van der Waals surface area contributed by atoms with Crippen LogP contribution in [0.25, 0.3) is 0 Å². The zero-order valence-electron chi connectivity index (χ0n) is 8.93. The van der Waals surface area contributed by atoms with E-state index in [4.69, 9.17) is 4.74 Å². The number of allylic oxidation sites excluding steroid dienone is 1. The molecule has 0 aromatic heterocycles.